The molecule has 0 saturated carbocycles. The predicted octanol–water partition coefficient (Wildman–Crippen LogP) is 5.34. The zero-order chi connectivity index (χ0) is 25.3. The number of hydrogen-bond acceptors (Lipinski definition) is 5. The van der Waals surface area contributed by atoms with E-state index in [2.05, 4.69) is 11.0 Å². The molecule has 0 spiro atoms. The molecule has 8 heteroatoms. The Morgan fingerprint density at radius 1 is 0.943 bits per heavy atom. The molecule has 0 atom stereocenters. The van der Waals surface area contributed by atoms with Crippen LogP contribution in [0.4, 0.5) is 5.69 Å². The van der Waals surface area contributed by atoms with Crippen molar-refractivity contribution in [3.05, 3.63) is 95.0 Å². The van der Waals surface area contributed by atoms with E-state index in [1.807, 2.05) is 61.7 Å². The van der Waals surface area contributed by atoms with Crippen LogP contribution in [-0.2, 0) is 21.3 Å². The van der Waals surface area contributed by atoms with E-state index in [0.717, 1.165) is 11.1 Å². The molecular weight excluding hydrogens is 484 g/mol. The number of likely N-dealkylation sites (N-methyl/N-ethyl adjacent to an activating group) is 1. The number of halogens is 1. The second kappa shape index (κ2) is 12.7. The number of rotatable bonds is 12. The van der Waals surface area contributed by atoms with E-state index >= 15 is 0 Å². The van der Waals surface area contributed by atoms with Gasteiger partial charge in [-0.3, -0.25) is 9.21 Å². The van der Waals surface area contributed by atoms with E-state index in [0.29, 0.717) is 29.5 Å². The highest BCUT2D eigenvalue weighted by Gasteiger charge is 2.26. The van der Waals surface area contributed by atoms with Crippen molar-refractivity contribution in [1.82, 2.24) is 4.90 Å². The summed E-state index contributed by atoms with van der Waals surface area (Å²) in [6.07, 6.45) is 4.11. The summed E-state index contributed by atoms with van der Waals surface area (Å²) in [6.45, 7) is 1.73. The molecule has 0 unspecified atom stereocenters. The van der Waals surface area contributed by atoms with E-state index in [-0.39, 0.29) is 18.0 Å². The molecule has 0 fully saturated rings. The fourth-order valence-electron chi connectivity index (χ4n) is 3.61. The topological polar surface area (TPSA) is 59.1 Å². The van der Waals surface area contributed by atoms with E-state index in [1.54, 1.807) is 38.5 Å². The molecule has 0 radical (unpaired) electrons. The van der Waals surface area contributed by atoms with Gasteiger partial charge in [-0.2, -0.15) is 0 Å². The van der Waals surface area contributed by atoms with Crippen molar-refractivity contribution in [3.63, 3.8) is 0 Å². The maximum absolute atomic E-state index is 13.6. The first kappa shape index (κ1) is 26.8. The minimum absolute atomic E-state index is 0.196. The maximum Gasteiger partial charge on any atom is 0.264 e. The quantitative estimate of drug-likeness (QED) is 0.327. The van der Waals surface area contributed by atoms with Crippen molar-refractivity contribution < 1.29 is 17.9 Å². The van der Waals surface area contributed by atoms with Crippen LogP contribution in [0.5, 0.6) is 5.75 Å². The first-order valence-electron chi connectivity index (χ1n) is 11.2. The summed E-state index contributed by atoms with van der Waals surface area (Å²) in [5.41, 5.74) is 2.61. The van der Waals surface area contributed by atoms with Gasteiger partial charge in [-0.1, -0.05) is 54.1 Å². The van der Waals surface area contributed by atoms with Gasteiger partial charge in [0.05, 0.1) is 30.8 Å². The Morgan fingerprint density at radius 3 is 2.29 bits per heavy atom. The van der Waals surface area contributed by atoms with E-state index < -0.39 is 10.0 Å². The molecule has 0 amide bonds. The number of nitrogens with zero attached hydrogens (tertiary/aromatic N) is 2. The molecule has 6 nitrogen and oxygen atoms in total. The van der Waals surface area contributed by atoms with Crippen LogP contribution in [-0.4, -0.2) is 54.3 Å². The molecule has 0 aromatic heterocycles. The summed E-state index contributed by atoms with van der Waals surface area (Å²) in [5, 5.41) is 0.707. The summed E-state index contributed by atoms with van der Waals surface area (Å²) in [7, 11) is 1.30. The predicted molar refractivity (Wildman–Crippen MR) is 143 cm³/mol. The molecule has 3 rings (SSSR count). The number of benzene rings is 3. The Labute approximate surface area is 213 Å². The Hall–Kier alpha value is -2.84. The molecule has 35 heavy (non-hydrogen) atoms. The highest BCUT2D eigenvalue weighted by atomic mass is 35.5. The lowest BCUT2D eigenvalue weighted by Gasteiger charge is -2.28. The van der Waals surface area contributed by atoms with Crippen LogP contribution in [0.2, 0.25) is 5.02 Å². The van der Waals surface area contributed by atoms with Crippen LogP contribution in [0.3, 0.4) is 0 Å². The Balaban J connectivity index is 1.82. The van der Waals surface area contributed by atoms with E-state index in [9.17, 15) is 8.42 Å². The Bertz CT molecular complexity index is 1210. The van der Waals surface area contributed by atoms with Crippen molar-refractivity contribution in [2.24, 2.45) is 0 Å². The first-order valence-corrected chi connectivity index (χ1v) is 13.0. The average Bonchev–Trinajstić information content (AvgIpc) is 2.86. The van der Waals surface area contributed by atoms with Crippen molar-refractivity contribution in [3.8, 4) is 5.75 Å². The molecule has 3 aromatic carbocycles. The minimum Gasteiger partial charge on any atom is -0.497 e. The molecule has 0 aliphatic heterocycles. The van der Waals surface area contributed by atoms with Crippen LogP contribution in [0, 0.1) is 0 Å². The lowest BCUT2D eigenvalue weighted by atomic mass is 10.1. The third-order valence-corrected chi connectivity index (χ3v) is 7.52. The normalized spacial score (nSPS) is 11.8. The number of sulfonamides is 1. The maximum atomic E-state index is 13.6. The fraction of sp³-hybridized carbons (Fsp3) is 0.259. The largest absolute Gasteiger partial charge is 0.497 e. The van der Waals surface area contributed by atoms with Gasteiger partial charge in [0, 0.05) is 25.2 Å². The van der Waals surface area contributed by atoms with Crippen molar-refractivity contribution in [1.29, 1.82) is 0 Å². The van der Waals surface area contributed by atoms with Crippen molar-refractivity contribution in [2.75, 3.05) is 45.3 Å². The first-order chi connectivity index (χ1) is 16.8. The van der Waals surface area contributed by atoms with Crippen LogP contribution in [0.25, 0.3) is 6.08 Å². The average molecular weight is 515 g/mol. The molecule has 0 aliphatic carbocycles. The molecule has 0 heterocycles. The lowest BCUT2D eigenvalue weighted by Crippen LogP contribution is -2.35. The van der Waals surface area contributed by atoms with Crippen LogP contribution >= 0.6 is 11.6 Å². The molecule has 0 N–H and O–H groups in total. The van der Waals surface area contributed by atoms with E-state index in [1.165, 1.54) is 4.31 Å². The Kier molecular flexibility index (Phi) is 9.74. The Morgan fingerprint density at radius 2 is 1.63 bits per heavy atom. The number of para-hydroxylation sites is 1. The number of hydrogen-bond donors (Lipinski definition) is 0. The summed E-state index contributed by atoms with van der Waals surface area (Å²) in [4.78, 5) is 2.32. The van der Waals surface area contributed by atoms with E-state index in [4.69, 9.17) is 21.1 Å². The fourth-order valence-corrected chi connectivity index (χ4v) is 5.22. The standard InChI is InChI=1S/C27H31ClN2O4S/c1-29(18-6-7-22-10-12-24(28)13-11-22)21-23-8-4-5-9-27(23)30(19-20-33-2)35(31,32)26-16-14-25(34-3)15-17-26/h4-17H,18-21H2,1-3H3. The zero-order valence-corrected chi connectivity index (χ0v) is 21.8. The van der Waals surface area contributed by atoms with Gasteiger partial charge in [-0.15, -0.1) is 0 Å². The molecule has 3 aromatic rings. The second-order valence-corrected chi connectivity index (χ2v) is 10.3. The van der Waals surface area contributed by atoms with Crippen LogP contribution < -0.4 is 9.04 Å². The summed E-state index contributed by atoms with van der Waals surface area (Å²) >= 11 is 5.95. The molecule has 0 aliphatic rings. The number of anilines is 1. The third-order valence-electron chi connectivity index (χ3n) is 5.44. The van der Waals surface area contributed by atoms with Gasteiger partial charge in [0.1, 0.15) is 5.75 Å². The highest BCUT2D eigenvalue weighted by molar-refractivity contribution is 7.92. The lowest BCUT2D eigenvalue weighted by molar-refractivity contribution is 0.208. The number of ether oxygens (including phenoxy) is 2. The summed E-state index contributed by atoms with van der Waals surface area (Å²) < 4.78 is 39.1. The van der Waals surface area contributed by atoms with Gasteiger partial charge in [0.2, 0.25) is 0 Å². The smallest absolute Gasteiger partial charge is 0.264 e. The zero-order valence-electron chi connectivity index (χ0n) is 20.2. The molecular formula is C27H31ClN2O4S. The van der Waals surface area contributed by atoms with Crippen LogP contribution in [0.1, 0.15) is 11.1 Å². The molecule has 0 bridgehead atoms. The van der Waals surface area contributed by atoms with Gasteiger partial charge in [-0.25, -0.2) is 8.42 Å². The van der Waals surface area contributed by atoms with Gasteiger partial charge < -0.3 is 9.47 Å². The third kappa shape index (κ3) is 7.32. The van der Waals surface area contributed by atoms with Gasteiger partial charge in [0.25, 0.3) is 10.0 Å². The summed E-state index contributed by atoms with van der Waals surface area (Å²) in [5.74, 6) is 0.598. The minimum atomic E-state index is -3.81. The molecule has 186 valence electrons. The monoisotopic (exact) mass is 514 g/mol. The van der Waals surface area contributed by atoms with Gasteiger partial charge >= 0.3 is 0 Å². The van der Waals surface area contributed by atoms with Crippen molar-refractivity contribution in [2.45, 2.75) is 11.4 Å². The van der Waals surface area contributed by atoms with Crippen LogP contribution in [0.15, 0.2) is 83.8 Å². The molecule has 0 saturated heterocycles. The van der Waals surface area contributed by atoms with Gasteiger partial charge in [-0.05, 0) is 60.6 Å². The number of methoxy groups -OCH3 is 2. The summed E-state index contributed by atoms with van der Waals surface area (Å²) in [6, 6.07) is 21.6. The highest BCUT2D eigenvalue weighted by Crippen LogP contribution is 2.29. The van der Waals surface area contributed by atoms with Crippen molar-refractivity contribution >= 4 is 33.4 Å². The second-order valence-electron chi connectivity index (χ2n) is 8.02. The van der Waals surface area contributed by atoms with Gasteiger partial charge in [0.15, 0.2) is 0 Å². The SMILES string of the molecule is COCCN(c1ccccc1CN(C)CC=Cc1ccc(Cl)cc1)S(=O)(=O)c1ccc(OC)cc1.